The number of hydrogen-bond acceptors (Lipinski definition) is 2. The van der Waals surface area contributed by atoms with Gasteiger partial charge >= 0.3 is 0 Å². The van der Waals surface area contributed by atoms with Gasteiger partial charge < -0.3 is 4.90 Å². The van der Waals surface area contributed by atoms with Crippen molar-refractivity contribution in [3.8, 4) is 0 Å². The fourth-order valence-electron chi connectivity index (χ4n) is 3.39. The molecule has 0 aromatic rings. The van der Waals surface area contributed by atoms with E-state index in [0.29, 0.717) is 0 Å². The fourth-order valence-corrected chi connectivity index (χ4v) is 3.39. The Hall–Kier alpha value is -0.500. The first-order chi connectivity index (χ1) is 11.4. The van der Waals surface area contributed by atoms with E-state index in [2.05, 4.69) is 29.4 Å². The molecule has 0 aromatic carbocycles. The molecule has 1 aliphatic heterocycles. The van der Waals surface area contributed by atoms with Gasteiger partial charge in [0.1, 0.15) is 0 Å². The predicted molar refractivity (Wildman–Crippen MR) is 104 cm³/mol. The largest absolute Gasteiger partial charge is 0.365 e. The highest BCUT2D eigenvalue weighted by Crippen LogP contribution is 2.13. The number of unbranched alkanes of at least 4 members (excludes halogenated alkanes) is 14. The Morgan fingerprint density at radius 3 is 1.61 bits per heavy atom. The van der Waals surface area contributed by atoms with Gasteiger partial charge in [0, 0.05) is 13.1 Å². The van der Waals surface area contributed by atoms with Crippen molar-refractivity contribution in [3.05, 3.63) is 12.3 Å². The molecular weight excluding hydrogens is 280 g/mol. The molecule has 0 radical (unpaired) electrons. The number of nitrogens with zero attached hydrogens (tertiary/aromatic N) is 1. The van der Waals surface area contributed by atoms with Gasteiger partial charge in [-0.1, -0.05) is 103 Å². The molecule has 0 fully saturated rings. The SMILES string of the molecule is CCCCCCCCCCCCCCCCCN1C=CCNC1. The molecule has 2 heteroatoms. The first kappa shape index (κ1) is 20.5. The van der Waals surface area contributed by atoms with E-state index in [1.807, 2.05) is 0 Å². The monoisotopic (exact) mass is 322 g/mol. The molecular formula is C21H42N2. The van der Waals surface area contributed by atoms with E-state index in [-0.39, 0.29) is 0 Å². The topological polar surface area (TPSA) is 15.3 Å². The van der Waals surface area contributed by atoms with Gasteiger partial charge in [0.15, 0.2) is 0 Å². The summed E-state index contributed by atoms with van der Waals surface area (Å²) in [5.74, 6) is 0. The zero-order valence-electron chi connectivity index (χ0n) is 15.8. The minimum absolute atomic E-state index is 1.04. The van der Waals surface area contributed by atoms with Crippen LogP contribution in [0.15, 0.2) is 12.3 Å². The van der Waals surface area contributed by atoms with Crippen LogP contribution in [0.5, 0.6) is 0 Å². The summed E-state index contributed by atoms with van der Waals surface area (Å²) in [6.45, 7) is 5.59. The van der Waals surface area contributed by atoms with Gasteiger partial charge in [-0.25, -0.2) is 0 Å². The summed E-state index contributed by atoms with van der Waals surface area (Å²) >= 11 is 0. The Morgan fingerprint density at radius 1 is 0.696 bits per heavy atom. The van der Waals surface area contributed by atoms with E-state index in [1.165, 1.54) is 103 Å². The van der Waals surface area contributed by atoms with Gasteiger partial charge in [-0.05, 0) is 12.6 Å². The molecule has 0 bridgehead atoms. The molecule has 0 amide bonds. The minimum atomic E-state index is 1.04. The molecule has 2 nitrogen and oxygen atoms in total. The van der Waals surface area contributed by atoms with Crippen molar-refractivity contribution < 1.29 is 0 Å². The molecule has 1 N–H and O–H groups in total. The Labute approximate surface area is 146 Å². The molecule has 1 heterocycles. The third-order valence-corrected chi connectivity index (χ3v) is 4.94. The van der Waals surface area contributed by atoms with Crippen LogP contribution in [0.25, 0.3) is 0 Å². The predicted octanol–water partition coefficient (Wildman–Crippen LogP) is 6.23. The van der Waals surface area contributed by atoms with Crippen molar-refractivity contribution in [2.24, 2.45) is 0 Å². The first-order valence-corrected chi connectivity index (χ1v) is 10.5. The van der Waals surface area contributed by atoms with Crippen LogP contribution in [0, 0.1) is 0 Å². The van der Waals surface area contributed by atoms with E-state index in [1.54, 1.807) is 0 Å². The number of nitrogens with one attached hydrogen (secondary N) is 1. The van der Waals surface area contributed by atoms with Crippen LogP contribution < -0.4 is 5.32 Å². The van der Waals surface area contributed by atoms with E-state index in [9.17, 15) is 0 Å². The highest BCUT2D eigenvalue weighted by Gasteiger charge is 2.01. The summed E-state index contributed by atoms with van der Waals surface area (Å²) in [5.41, 5.74) is 0. The Morgan fingerprint density at radius 2 is 1.17 bits per heavy atom. The van der Waals surface area contributed by atoms with Crippen LogP contribution in [0.1, 0.15) is 103 Å². The van der Waals surface area contributed by atoms with Crippen molar-refractivity contribution in [1.82, 2.24) is 10.2 Å². The second-order valence-corrected chi connectivity index (χ2v) is 7.26. The first-order valence-electron chi connectivity index (χ1n) is 10.5. The molecule has 1 rings (SSSR count). The van der Waals surface area contributed by atoms with E-state index >= 15 is 0 Å². The quantitative estimate of drug-likeness (QED) is 0.339. The van der Waals surface area contributed by atoms with Crippen molar-refractivity contribution >= 4 is 0 Å². The molecule has 136 valence electrons. The molecule has 0 spiro atoms. The lowest BCUT2D eigenvalue weighted by atomic mass is 10.0. The maximum Gasteiger partial charge on any atom is 0.0678 e. The lowest BCUT2D eigenvalue weighted by Crippen LogP contribution is -2.34. The molecule has 0 saturated heterocycles. The summed E-state index contributed by atoms with van der Waals surface area (Å²) in [5, 5.41) is 3.38. The van der Waals surface area contributed by atoms with E-state index < -0.39 is 0 Å². The lowest BCUT2D eigenvalue weighted by molar-refractivity contribution is 0.325. The van der Waals surface area contributed by atoms with Crippen LogP contribution in [0.2, 0.25) is 0 Å². The molecule has 0 aromatic heterocycles. The maximum absolute atomic E-state index is 3.38. The lowest BCUT2D eigenvalue weighted by Gasteiger charge is -2.23. The van der Waals surface area contributed by atoms with Gasteiger partial charge in [-0.3, -0.25) is 5.32 Å². The van der Waals surface area contributed by atoms with Crippen LogP contribution >= 0.6 is 0 Å². The summed E-state index contributed by atoms with van der Waals surface area (Å²) < 4.78 is 0. The van der Waals surface area contributed by atoms with Crippen molar-refractivity contribution in [1.29, 1.82) is 0 Å². The highest BCUT2D eigenvalue weighted by atomic mass is 15.2. The number of rotatable bonds is 16. The van der Waals surface area contributed by atoms with Gasteiger partial charge in [-0.15, -0.1) is 0 Å². The van der Waals surface area contributed by atoms with Gasteiger partial charge in [0.05, 0.1) is 6.67 Å². The second kappa shape index (κ2) is 16.4. The Balaban J connectivity index is 1.68. The minimum Gasteiger partial charge on any atom is -0.365 e. The average molecular weight is 323 g/mol. The van der Waals surface area contributed by atoms with Crippen LogP contribution in [-0.2, 0) is 0 Å². The molecule has 0 saturated carbocycles. The zero-order valence-corrected chi connectivity index (χ0v) is 15.8. The van der Waals surface area contributed by atoms with E-state index in [0.717, 1.165) is 13.2 Å². The summed E-state index contributed by atoms with van der Waals surface area (Å²) in [7, 11) is 0. The highest BCUT2D eigenvalue weighted by molar-refractivity contribution is 4.88. The normalized spacial score (nSPS) is 14.6. The smallest absolute Gasteiger partial charge is 0.0678 e. The third kappa shape index (κ3) is 13.6. The fraction of sp³-hybridized carbons (Fsp3) is 0.905. The zero-order chi connectivity index (χ0) is 16.4. The Bertz CT molecular complexity index is 263. The molecule has 0 unspecified atom stereocenters. The molecule has 23 heavy (non-hydrogen) atoms. The van der Waals surface area contributed by atoms with Crippen molar-refractivity contribution in [3.63, 3.8) is 0 Å². The van der Waals surface area contributed by atoms with Crippen molar-refractivity contribution in [2.75, 3.05) is 19.8 Å². The summed E-state index contributed by atoms with van der Waals surface area (Å²) in [4.78, 5) is 2.39. The van der Waals surface area contributed by atoms with Gasteiger partial charge in [-0.2, -0.15) is 0 Å². The van der Waals surface area contributed by atoms with Crippen LogP contribution in [0.3, 0.4) is 0 Å². The summed E-state index contributed by atoms with van der Waals surface area (Å²) in [6, 6.07) is 0. The van der Waals surface area contributed by atoms with Gasteiger partial charge in [0.25, 0.3) is 0 Å². The standard InChI is InChI=1S/C21H42N2/c1-2-3-4-5-6-7-8-9-10-11-12-13-14-15-16-19-23-20-17-18-22-21-23/h17,20,22H,2-16,18-19,21H2,1H3. The molecule has 0 aliphatic carbocycles. The van der Waals surface area contributed by atoms with E-state index in [4.69, 9.17) is 0 Å². The maximum atomic E-state index is 3.38. The van der Waals surface area contributed by atoms with Crippen LogP contribution in [0.4, 0.5) is 0 Å². The molecule has 0 atom stereocenters. The van der Waals surface area contributed by atoms with Crippen LogP contribution in [-0.4, -0.2) is 24.7 Å². The average Bonchev–Trinajstić information content (AvgIpc) is 2.59. The van der Waals surface area contributed by atoms with Gasteiger partial charge in [0.2, 0.25) is 0 Å². The Kier molecular flexibility index (Phi) is 14.6. The van der Waals surface area contributed by atoms with Crippen molar-refractivity contribution in [2.45, 2.75) is 103 Å². The third-order valence-electron chi connectivity index (χ3n) is 4.94. The summed E-state index contributed by atoms with van der Waals surface area (Å²) in [6.07, 6.45) is 26.1. The molecule has 1 aliphatic rings. The second-order valence-electron chi connectivity index (χ2n) is 7.26. The number of hydrogen-bond donors (Lipinski definition) is 1.